The van der Waals surface area contributed by atoms with Crippen LogP contribution in [0.1, 0.15) is 48.2 Å². The van der Waals surface area contributed by atoms with E-state index in [9.17, 15) is 9.90 Å². The molecular weight excluding hydrogens is 673 g/mol. The number of hydrogen-bond acceptors (Lipinski definition) is 7. The summed E-state index contributed by atoms with van der Waals surface area (Å²) in [4.78, 5) is 26.3. The van der Waals surface area contributed by atoms with Crippen LogP contribution in [0.4, 0.5) is 0 Å². The maximum atomic E-state index is 11.5. The van der Waals surface area contributed by atoms with E-state index in [-0.39, 0.29) is 11.5 Å². The van der Waals surface area contributed by atoms with Gasteiger partial charge in [-0.1, -0.05) is 71.7 Å². The predicted octanol–water partition coefficient (Wildman–Crippen LogP) is 9.13. The van der Waals surface area contributed by atoms with Gasteiger partial charge in [-0.15, -0.1) is 5.06 Å². The first-order chi connectivity index (χ1) is 24.3. The van der Waals surface area contributed by atoms with Crippen LogP contribution in [-0.2, 0) is 28.3 Å². The van der Waals surface area contributed by atoms with Crippen LogP contribution in [0.3, 0.4) is 0 Å². The highest BCUT2D eigenvalue weighted by molar-refractivity contribution is 6.31. The lowest BCUT2D eigenvalue weighted by Crippen LogP contribution is -2.38. The lowest BCUT2D eigenvalue weighted by atomic mass is 9.64. The van der Waals surface area contributed by atoms with E-state index < -0.39 is 12.2 Å². The molecule has 1 saturated heterocycles. The smallest absolute Gasteiger partial charge is 0.352 e. The Bertz CT molecular complexity index is 2050. The second-order valence-corrected chi connectivity index (χ2v) is 13.7. The highest BCUT2D eigenvalue weighted by Gasteiger charge is 2.51. The molecule has 10 heteroatoms. The van der Waals surface area contributed by atoms with E-state index in [4.69, 9.17) is 47.5 Å². The van der Waals surface area contributed by atoms with Crippen molar-refractivity contribution in [3.05, 3.63) is 142 Å². The molecule has 1 saturated carbocycles. The first kappa shape index (κ1) is 32.5. The molecule has 0 spiro atoms. The Balaban J connectivity index is 0.992. The maximum absolute atomic E-state index is 11.5. The molecule has 2 aliphatic rings. The normalized spacial score (nSPS) is 18.6. The standard InChI is InChI=1S/C40H33Cl2N3O5/c41-29-9-1-25-3-11-31(43-36(25)21-29)23-48-34-13-5-27(6-14-34)40(19-17-33(18-20-40)45-38(50-45)39(46)47)28-7-15-35(16-8-28)49-24-32-12-4-26-2-10-30(42)22-37(26)44-32/h1-16,21-22,33,38H,17-20,23-24H2,(H,46,47). The van der Waals surface area contributed by atoms with Crippen LogP contribution >= 0.6 is 23.2 Å². The summed E-state index contributed by atoms with van der Waals surface area (Å²) in [5, 5.41) is 14.4. The number of fused-ring (bicyclic) bond motifs is 2. The molecule has 3 heterocycles. The number of benzene rings is 4. The second kappa shape index (κ2) is 13.5. The molecule has 8 rings (SSSR count). The Morgan fingerprint density at radius 1 is 0.720 bits per heavy atom. The van der Waals surface area contributed by atoms with Crippen molar-refractivity contribution < 1.29 is 24.2 Å². The maximum Gasteiger partial charge on any atom is 0.352 e. The first-order valence-corrected chi connectivity index (χ1v) is 17.3. The molecule has 2 unspecified atom stereocenters. The van der Waals surface area contributed by atoms with E-state index >= 15 is 0 Å². The number of nitrogens with zero attached hydrogens (tertiary/aromatic N) is 3. The third kappa shape index (κ3) is 6.72. The lowest BCUT2D eigenvalue weighted by Gasteiger charge is -2.41. The third-order valence-corrected chi connectivity index (χ3v) is 10.3. The number of aliphatic carboxylic acids is 1. The van der Waals surface area contributed by atoms with E-state index in [0.717, 1.165) is 70.4 Å². The van der Waals surface area contributed by atoms with Gasteiger partial charge in [0.05, 0.1) is 22.4 Å². The zero-order valence-electron chi connectivity index (χ0n) is 27.0. The molecule has 2 fully saturated rings. The van der Waals surface area contributed by atoms with Crippen LogP contribution in [0.25, 0.3) is 21.8 Å². The van der Waals surface area contributed by atoms with Gasteiger partial charge in [-0.05, 0) is 97.5 Å². The molecule has 8 nitrogen and oxygen atoms in total. The van der Waals surface area contributed by atoms with Crippen LogP contribution in [0, 0.1) is 0 Å². The third-order valence-electron chi connectivity index (χ3n) is 9.80. The number of hydrogen-bond donors (Lipinski definition) is 1. The molecule has 50 heavy (non-hydrogen) atoms. The molecule has 2 atom stereocenters. The van der Waals surface area contributed by atoms with Crippen LogP contribution in [0.15, 0.2) is 109 Å². The van der Waals surface area contributed by atoms with Crippen molar-refractivity contribution in [2.75, 3.05) is 0 Å². The summed E-state index contributed by atoms with van der Waals surface area (Å²) in [7, 11) is 0. The summed E-state index contributed by atoms with van der Waals surface area (Å²) >= 11 is 12.3. The molecule has 2 aromatic heterocycles. The van der Waals surface area contributed by atoms with Crippen LogP contribution in [0.2, 0.25) is 10.0 Å². The van der Waals surface area contributed by atoms with E-state index in [0.29, 0.717) is 23.3 Å². The monoisotopic (exact) mass is 705 g/mol. The van der Waals surface area contributed by atoms with Crippen LogP contribution in [0.5, 0.6) is 11.5 Å². The minimum Gasteiger partial charge on any atom is -0.487 e. The minimum atomic E-state index is -0.946. The predicted molar refractivity (Wildman–Crippen MR) is 192 cm³/mol. The fourth-order valence-electron chi connectivity index (χ4n) is 7.09. The summed E-state index contributed by atoms with van der Waals surface area (Å²) < 4.78 is 12.3. The summed E-state index contributed by atoms with van der Waals surface area (Å²) in [5.74, 6) is 0.555. The minimum absolute atomic E-state index is 0.0584. The van der Waals surface area contributed by atoms with Gasteiger partial charge in [0.1, 0.15) is 24.7 Å². The van der Waals surface area contributed by atoms with Gasteiger partial charge in [0.15, 0.2) is 0 Å². The van der Waals surface area contributed by atoms with Crippen molar-refractivity contribution in [3.63, 3.8) is 0 Å². The fraction of sp³-hybridized carbons (Fsp3) is 0.225. The summed E-state index contributed by atoms with van der Waals surface area (Å²) in [5.41, 5.74) is 5.38. The number of halogens is 2. The average Bonchev–Trinajstić information content (AvgIpc) is 3.95. The quantitative estimate of drug-likeness (QED) is 0.141. The van der Waals surface area contributed by atoms with E-state index in [1.54, 1.807) is 5.06 Å². The van der Waals surface area contributed by atoms with Crippen LogP contribution < -0.4 is 9.47 Å². The molecule has 252 valence electrons. The molecule has 1 N–H and O–H groups in total. The number of carboxylic acids is 1. The highest BCUT2D eigenvalue weighted by Crippen LogP contribution is 2.48. The van der Waals surface area contributed by atoms with Gasteiger partial charge in [0, 0.05) is 32.3 Å². The Morgan fingerprint density at radius 3 is 1.62 bits per heavy atom. The Kier molecular flexibility index (Phi) is 8.79. The Morgan fingerprint density at radius 2 is 1.18 bits per heavy atom. The van der Waals surface area contributed by atoms with Crippen LogP contribution in [-0.4, -0.2) is 38.4 Å². The number of ether oxygens (including phenoxy) is 2. The largest absolute Gasteiger partial charge is 0.487 e. The van der Waals surface area contributed by atoms with Crippen molar-refractivity contribution in [1.82, 2.24) is 15.0 Å². The molecule has 6 aromatic rings. The molecule has 0 amide bonds. The van der Waals surface area contributed by atoms with Gasteiger partial charge >= 0.3 is 5.97 Å². The SMILES string of the molecule is O=C(O)C1ON1C1CCC(c2ccc(OCc3ccc4ccc(Cl)cc4n3)cc2)(c2ccc(OCc3ccc4ccc(Cl)cc4n3)cc2)CC1. The molecular formula is C40H33Cl2N3O5. The number of aromatic nitrogens is 2. The zero-order valence-corrected chi connectivity index (χ0v) is 28.5. The van der Waals surface area contributed by atoms with Gasteiger partial charge in [-0.2, -0.15) is 0 Å². The fourth-order valence-corrected chi connectivity index (χ4v) is 7.43. The second-order valence-electron chi connectivity index (χ2n) is 12.9. The molecule has 1 aliphatic heterocycles. The average molecular weight is 707 g/mol. The van der Waals surface area contributed by atoms with E-state index in [1.807, 2.05) is 84.9 Å². The summed E-state index contributed by atoms with van der Waals surface area (Å²) in [6.45, 7) is 0.665. The van der Waals surface area contributed by atoms with E-state index in [2.05, 4.69) is 24.3 Å². The van der Waals surface area contributed by atoms with Crippen molar-refractivity contribution in [2.24, 2.45) is 0 Å². The van der Waals surface area contributed by atoms with Gasteiger partial charge in [0.25, 0.3) is 6.23 Å². The van der Waals surface area contributed by atoms with Gasteiger partial charge < -0.3 is 14.6 Å². The summed E-state index contributed by atoms with van der Waals surface area (Å²) in [6.07, 6.45) is 2.42. The number of hydroxylamine groups is 2. The Labute approximate surface area is 299 Å². The van der Waals surface area contributed by atoms with Crippen molar-refractivity contribution >= 4 is 51.0 Å². The van der Waals surface area contributed by atoms with E-state index in [1.165, 1.54) is 11.1 Å². The van der Waals surface area contributed by atoms with Gasteiger partial charge in [0.2, 0.25) is 0 Å². The number of carbonyl (C=O) groups is 1. The highest BCUT2D eigenvalue weighted by atomic mass is 35.5. The van der Waals surface area contributed by atoms with Crippen molar-refractivity contribution in [2.45, 2.75) is 56.6 Å². The molecule has 1 aliphatic carbocycles. The topological polar surface area (TPSA) is 97.1 Å². The zero-order chi connectivity index (χ0) is 34.2. The Hall–Kier alpha value is -4.73. The number of rotatable bonds is 10. The first-order valence-electron chi connectivity index (χ1n) is 16.6. The molecule has 4 aromatic carbocycles. The van der Waals surface area contributed by atoms with Gasteiger partial charge in [-0.3, -0.25) is 4.84 Å². The van der Waals surface area contributed by atoms with Crippen molar-refractivity contribution in [3.8, 4) is 11.5 Å². The van der Waals surface area contributed by atoms with Gasteiger partial charge in [-0.25, -0.2) is 14.8 Å². The number of pyridine rings is 2. The lowest BCUT2D eigenvalue weighted by molar-refractivity contribution is -0.138. The van der Waals surface area contributed by atoms with Crippen molar-refractivity contribution in [1.29, 1.82) is 0 Å². The number of carboxylic acid groups (broad SMARTS) is 1. The molecule has 0 radical (unpaired) electrons. The summed E-state index contributed by atoms with van der Waals surface area (Å²) in [6, 6.07) is 36.0. The molecule has 0 bridgehead atoms.